The lowest BCUT2D eigenvalue weighted by Gasteiger charge is -2.12. The van der Waals surface area contributed by atoms with Crippen molar-refractivity contribution in [3.63, 3.8) is 0 Å². The number of anilines is 3. The molecule has 0 aliphatic rings. The van der Waals surface area contributed by atoms with Crippen molar-refractivity contribution in [3.8, 4) is 0 Å². The Hall–Kier alpha value is -1.59. The molecule has 21 heavy (non-hydrogen) atoms. The van der Waals surface area contributed by atoms with Crippen molar-refractivity contribution >= 4 is 40.5 Å². The van der Waals surface area contributed by atoms with E-state index < -0.39 is 5.82 Å². The second-order valence-corrected chi connectivity index (χ2v) is 5.30. The summed E-state index contributed by atoms with van der Waals surface area (Å²) in [7, 11) is 0. The van der Waals surface area contributed by atoms with E-state index in [0.717, 1.165) is 13.0 Å². The molecule has 0 amide bonds. The van der Waals surface area contributed by atoms with Gasteiger partial charge in [0.05, 0.1) is 15.7 Å². The third kappa shape index (κ3) is 4.19. The fourth-order valence-corrected chi connectivity index (χ4v) is 2.32. The first-order chi connectivity index (χ1) is 9.99. The van der Waals surface area contributed by atoms with Gasteiger partial charge >= 0.3 is 0 Å². The molecule has 1 aromatic heterocycles. The molecule has 2 rings (SSSR count). The lowest BCUT2D eigenvalue weighted by atomic mass is 10.3. The first-order valence-electron chi connectivity index (χ1n) is 6.50. The van der Waals surface area contributed by atoms with Gasteiger partial charge in [0.2, 0.25) is 0 Å². The minimum Gasteiger partial charge on any atom is -0.370 e. The van der Waals surface area contributed by atoms with Crippen LogP contribution in [0.15, 0.2) is 18.2 Å². The van der Waals surface area contributed by atoms with Crippen molar-refractivity contribution in [1.82, 2.24) is 9.97 Å². The van der Waals surface area contributed by atoms with Gasteiger partial charge in [-0.2, -0.15) is 0 Å². The summed E-state index contributed by atoms with van der Waals surface area (Å²) in [6, 6.07) is 4.14. The predicted molar refractivity (Wildman–Crippen MR) is 85.3 cm³/mol. The average molecular weight is 329 g/mol. The van der Waals surface area contributed by atoms with Crippen molar-refractivity contribution in [3.05, 3.63) is 39.9 Å². The highest BCUT2D eigenvalue weighted by Gasteiger charge is 2.10. The van der Waals surface area contributed by atoms with Gasteiger partial charge in [-0.3, -0.25) is 0 Å². The number of rotatable bonds is 5. The molecule has 0 spiro atoms. The molecule has 1 aromatic carbocycles. The molecule has 112 valence electrons. The number of benzene rings is 1. The molecule has 2 N–H and O–H groups in total. The van der Waals surface area contributed by atoms with Gasteiger partial charge in [0.1, 0.15) is 23.3 Å². The molecule has 7 heteroatoms. The van der Waals surface area contributed by atoms with Gasteiger partial charge < -0.3 is 10.6 Å². The van der Waals surface area contributed by atoms with E-state index in [2.05, 4.69) is 27.5 Å². The number of nitrogens with zero attached hydrogens (tertiary/aromatic N) is 2. The van der Waals surface area contributed by atoms with Gasteiger partial charge in [0.15, 0.2) is 0 Å². The highest BCUT2D eigenvalue weighted by molar-refractivity contribution is 6.39. The largest absolute Gasteiger partial charge is 0.370 e. The lowest BCUT2D eigenvalue weighted by Crippen LogP contribution is -2.06. The summed E-state index contributed by atoms with van der Waals surface area (Å²) in [5.74, 6) is 1.37. The fourth-order valence-electron chi connectivity index (χ4n) is 1.77. The Labute approximate surface area is 132 Å². The molecule has 0 aliphatic carbocycles. The van der Waals surface area contributed by atoms with Gasteiger partial charge in [0, 0.05) is 12.6 Å². The molecule has 0 atom stereocenters. The van der Waals surface area contributed by atoms with Crippen molar-refractivity contribution in [2.45, 2.75) is 20.3 Å². The smallest absolute Gasteiger partial charge is 0.136 e. The minimum absolute atomic E-state index is 0.194. The standard InChI is InChI=1S/C14H15Cl2FN4/c1-3-4-18-12-7-13(20-8(2)19-12)21-14-10(15)5-9(17)6-11(14)16/h5-7H,3-4H2,1-2H3,(H2,18,19,20,21). The van der Waals surface area contributed by atoms with Crippen LogP contribution in [0.2, 0.25) is 10.0 Å². The Kier molecular flexibility index (Phi) is 5.20. The second-order valence-electron chi connectivity index (χ2n) is 4.48. The topological polar surface area (TPSA) is 49.8 Å². The molecule has 0 unspecified atom stereocenters. The van der Waals surface area contributed by atoms with E-state index in [9.17, 15) is 4.39 Å². The number of halogens is 3. The van der Waals surface area contributed by atoms with Crippen LogP contribution >= 0.6 is 23.2 Å². The van der Waals surface area contributed by atoms with E-state index in [1.807, 2.05) is 0 Å². The average Bonchev–Trinajstić information content (AvgIpc) is 2.40. The quantitative estimate of drug-likeness (QED) is 0.827. The zero-order chi connectivity index (χ0) is 15.4. The zero-order valence-electron chi connectivity index (χ0n) is 11.7. The van der Waals surface area contributed by atoms with Crippen LogP contribution in [0.3, 0.4) is 0 Å². The zero-order valence-corrected chi connectivity index (χ0v) is 13.2. The van der Waals surface area contributed by atoms with E-state index in [4.69, 9.17) is 23.2 Å². The highest BCUT2D eigenvalue weighted by Crippen LogP contribution is 2.33. The monoisotopic (exact) mass is 328 g/mol. The van der Waals surface area contributed by atoms with Crippen LogP contribution in [0, 0.1) is 12.7 Å². The van der Waals surface area contributed by atoms with E-state index in [-0.39, 0.29) is 10.0 Å². The molecule has 0 radical (unpaired) electrons. The third-order valence-electron chi connectivity index (χ3n) is 2.65. The highest BCUT2D eigenvalue weighted by atomic mass is 35.5. The SMILES string of the molecule is CCCNc1cc(Nc2c(Cl)cc(F)cc2Cl)nc(C)n1. The number of nitrogens with one attached hydrogen (secondary N) is 2. The third-order valence-corrected chi connectivity index (χ3v) is 3.25. The van der Waals surface area contributed by atoms with Gasteiger partial charge in [0.25, 0.3) is 0 Å². The maximum Gasteiger partial charge on any atom is 0.136 e. The summed E-state index contributed by atoms with van der Waals surface area (Å²) in [5.41, 5.74) is 0.416. The van der Waals surface area contributed by atoms with Crippen LogP contribution in [-0.2, 0) is 0 Å². The van der Waals surface area contributed by atoms with E-state index in [1.54, 1.807) is 13.0 Å². The summed E-state index contributed by atoms with van der Waals surface area (Å²) < 4.78 is 13.2. The van der Waals surface area contributed by atoms with Gasteiger partial charge in [-0.05, 0) is 25.5 Å². The minimum atomic E-state index is -0.486. The van der Waals surface area contributed by atoms with E-state index >= 15 is 0 Å². The van der Waals surface area contributed by atoms with Crippen LogP contribution in [0.25, 0.3) is 0 Å². The van der Waals surface area contributed by atoms with Crippen molar-refractivity contribution in [1.29, 1.82) is 0 Å². The lowest BCUT2D eigenvalue weighted by molar-refractivity contribution is 0.628. The number of aryl methyl sites for hydroxylation is 1. The van der Waals surface area contributed by atoms with Gasteiger partial charge in [-0.15, -0.1) is 0 Å². The molecule has 4 nitrogen and oxygen atoms in total. The summed E-state index contributed by atoms with van der Waals surface area (Å²) in [4.78, 5) is 8.55. The maximum atomic E-state index is 13.2. The van der Waals surface area contributed by atoms with Crippen molar-refractivity contribution < 1.29 is 4.39 Å². The van der Waals surface area contributed by atoms with Gasteiger partial charge in [-0.25, -0.2) is 14.4 Å². The first-order valence-corrected chi connectivity index (χ1v) is 7.26. The van der Waals surface area contributed by atoms with Crippen LogP contribution in [0.5, 0.6) is 0 Å². The Morgan fingerprint density at radius 3 is 2.33 bits per heavy atom. The number of hydrogen-bond donors (Lipinski definition) is 2. The van der Waals surface area contributed by atoms with E-state index in [0.29, 0.717) is 23.1 Å². The maximum absolute atomic E-state index is 13.2. The van der Waals surface area contributed by atoms with Crippen molar-refractivity contribution in [2.24, 2.45) is 0 Å². The van der Waals surface area contributed by atoms with Crippen LogP contribution < -0.4 is 10.6 Å². The number of aromatic nitrogens is 2. The predicted octanol–water partition coefficient (Wildman–Crippen LogP) is 4.80. The molecule has 2 aromatic rings. The Bertz CT molecular complexity index is 626. The molecular formula is C14H15Cl2FN4. The van der Waals surface area contributed by atoms with Crippen LogP contribution in [0.1, 0.15) is 19.2 Å². The molecule has 0 saturated carbocycles. The number of hydrogen-bond acceptors (Lipinski definition) is 4. The van der Waals surface area contributed by atoms with E-state index in [1.165, 1.54) is 12.1 Å². The Balaban J connectivity index is 2.29. The summed E-state index contributed by atoms with van der Waals surface area (Å²) in [5, 5.41) is 6.57. The Morgan fingerprint density at radius 2 is 1.71 bits per heavy atom. The molecule has 0 saturated heterocycles. The second kappa shape index (κ2) is 6.91. The van der Waals surface area contributed by atoms with Crippen molar-refractivity contribution in [2.75, 3.05) is 17.2 Å². The molecule has 0 fully saturated rings. The van der Waals surface area contributed by atoms with Crippen LogP contribution in [-0.4, -0.2) is 16.5 Å². The molecular weight excluding hydrogens is 314 g/mol. The normalized spacial score (nSPS) is 10.5. The molecule has 0 bridgehead atoms. The van der Waals surface area contributed by atoms with Crippen LogP contribution in [0.4, 0.5) is 21.7 Å². The molecule has 1 heterocycles. The summed E-state index contributed by atoms with van der Waals surface area (Å²) >= 11 is 12.0. The first kappa shape index (κ1) is 15.8. The Morgan fingerprint density at radius 1 is 1.10 bits per heavy atom. The molecule has 0 aliphatic heterocycles. The van der Waals surface area contributed by atoms with Gasteiger partial charge in [-0.1, -0.05) is 30.1 Å². The summed E-state index contributed by atoms with van der Waals surface area (Å²) in [6.07, 6.45) is 0.988. The fraction of sp³-hybridized carbons (Fsp3) is 0.286. The summed E-state index contributed by atoms with van der Waals surface area (Å²) in [6.45, 7) is 4.67.